The predicted molar refractivity (Wildman–Crippen MR) is 99.4 cm³/mol. The third-order valence-corrected chi connectivity index (χ3v) is 4.84. The molecule has 0 bridgehead atoms. The van der Waals surface area contributed by atoms with Crippen molar-refractivity contribution in [3.05, 3.63) is 46.8 Å². The number of hydrogen-bond acceptors (Lipinski definition) is 4. The highest BCUT2D eigenvalue weighted by atomic mass is 79.9. The highest BCUT2D eigenvalue weighted by Gasteiger charge is 2.22. The zero-order valence-electron chi connectivity index (χ0n) is 13.7. The first-order chi connectivity index (χ1) is 11.7. The Morgan fingerprint density at radius 2 is 2.21 bits per heavy atom. The second-order valence-electron chi connectivity index (χ2n) is 5.98. The molecule has 1 atom stereocenters. The maximum absolute atomic E-state index is 12.3. The number of rotatable bonds is 4. The van der Waals surface area contributed by atoms with E-state index in [4.69, 9.17) is 0 Å². The van der Waals surface area contributed by atoms with Crippen LogP contribution in [0.3, 0.4) is 0 Å². The summed E-state index contributed by atoms with van der Waals surface area (Å²) in [5.74, 6) is 0.610. The van der Waals surface area contributed by atoms with Gasteiger partial charge < -0.3 is 10.2 Å². The number of amides is 1. The predicted octanol–water partition coefficient (Wildman–Crippen LogP) is 4.26. The van der Waals surface area contributed by atoms with Crippen LogP contribution in [0, 0.1) is 0 Å². The molecule has 1 saturated heterocycles. The van der Waals surface area contributed by atoms with E-state index in [1.165, 1.54) is 19.3 Å². The Balaban J connectivity index is 1.70. The van der Waals surface area contributed by atoms with Crippen molar-refractivity contribution >= 4 is 33.3 Å². The van der Waals surface area contributed by atoms with E-state index in [2.05, 4.69) is 43.0 Å². The summed E-state index contributed by atoms with van der Waals surface area (Å²) >= 11 is 3.39. The van der Waals surface area contributed by atoms with Gasteiger partial charge in [-0.25, -0.2) is 9.97 Å². The van der Waals surface area contributed by atoms with Gasteiger partial charge in [-0.05, 0) is 43.9 Å². The van der Waals surface area contributed by atoms with Crippen molar-refractivity contribution in [1.82, 2.24) is 9.97 Å². The van der Waals surface area contributed by atoms with E-state index in [0.717, 1.165) is 28.9 Å². The Morgan fingerprint density at radius 3 is 2.92 bits per heavy atom. The molecule has 2 aromatic rings. The fourth-order valence-electron chi connectivity index (χ4n) is 3.07. The van der Waals surface area contributed by atoms with E-state index in [9.17, 15) is 4.79 Å². The van der Waals surface area contributed by atoms with Crippen LogP contribution >= 0.6 is 15.9 Å². The topological polar surface area (TPSA) is 58.1 Å². The number of hydrogen-bond donors (Lipinski definition) is 1. The lowest BCUT2D eigenvalue weighted by atomic mass is 10.0. The molecule has 1 N–H and O–H groups in total. The van der Waals surface area contributed by atoms with Gasteiger partial charge in [0.2, 0.25) is 0 Å². The molecule has 1 aliphatic rings. The van der Waals surface area contributed by atoms with Crippen LogP contribution in [0.1, 0.15) is 43.1 Å². The van der Waals surface area contributed by atoms with Crippen molar-refractivity contribution < 1.29 is 4.79 Å². The fraction of sp³-hybridized carbons (Fsp3) is 0.389. The van der Waals surface area contributed by atoms with Crippen LogP contribution < -0.4 is 10.2 Å². The Labute approximate surface area is 150 Å². The molecular weight excluding hydrogens is 368 g/mol. The van der Waals surface area contributed by atoms with Gasteiger partial charge in [0.05, 0.1) is 12.4 Å². The van der Waals surface area contributed by atoms with Gasteiger partial charge in [0, 0.05) is 22.7 Å². The average Bonchev–Trinajstić information content (AvgIpc) is 2.62. The van der Waals surface area contributed by atoms with E-state index < -0.39 is 0 Å². The summed E-state index contributed by atoms with van der Waals surface area (Å²) in [6.45, 7) is 3.22. The number of benzene rings is 1. The van der Waals surface area contributed by atoms with Crippen molar-refractivity contribution in [1.29, 1.82) is 0 Å². The summed E-state index contributed by atoms with van der Waals surface area (Å²) in [6.07, 6.45) is 8.03. The number of nitrogens with one attached hydrogen (secondary N) is 1. The Morgan fingerprint density at radius 1 is 1.33 bits per heavy atom. The van der Waals surface area contributed by atoms with Crippen LogP contribution in [0.2, 0.25) is 0 Å². The van der Waals surface area contributed by atoms with Crippen molar-refractivity contribution in [3.63, 3.8) is 0 Å². The number of carbonyl (C=O) groups excluding carboxylic acids is 1. The average molecular weight is 389 g/mol. The van der Waals surface area contributed by atoms with Gasteiger partial charge in [0.15, 0.2) is 0 Å². The number of halogens is 1. The Hall–Kier alpha value is -1.95. The van der Waals surface area contributed by atoms with E-state index in [-0.39, 0.29) is 5.91 Å². The third kappa shape index (κ3) is 3.93. The minimum Gasteiger partial charge on any atom is -0.352 e. The van der Waals surface area contributed by atoms with Gasteiger partial charge in [-0.15, -0.1) is 0 Å². The van der Waals surface area contributed by atoms with Crippen LogP contribution in [0.5, 0.6) is 0 Å². The summed E-state index contributed by atoms with van der Waals surface area (Å²) < 4.78 is 0.914. The molecule has 5 nitrogen and oxygen atoms in total. The summed E-state index contributed by atoms with van der Waals surface area (Å²) in [6, 6.07) is 7.99. The SMILES string of the molecule is CCC1CCCCN1c1cnc(C(=O)Nc2cccc(Br)c2)cn1. The quantitative estimate of drug-likeness (QED) is 0.849. The molecule has 126 valence electrons. The summed E-state index contributed by atoms with van der Waals surface area (Å²) in [7, 11) is 0. The summed E-state index contributed by atoms with van der Waals surface area (Å²) in [5, 5.41) is 2.83. The lowest BCUT2D eigenvalue weighted by Gasteiger charge is -2.35. The van der Waals surface area contributed by atoms with Gasteiger partial charge in [0.25, 0.3) is 5.91 Å². The highest BCUT2D eigenvalue weighted by molar-refractivity contribution is 9.10. The lowest BCUT2D eigenvalue weighted by Crippen LogP contribution is -2.39. The fourth-order valence-corrected chi connectivity index (χ4v) is 3.47. The van der Waals surface area contributed by atoms with Gasteiger partial charge in [0.1, 0.15) is 11.5 Å². The number of anilines is 2. The van der Waals surface area contributed by atoms with Crippen LogP contribution in [0.15, 0.2) is 41.1 Å². The first-order valence-corrected chi connectivity index (χ1v) is 9.12. The second kappa shape index (κ2) is 7.75. The Kier molecular flexibility index (Phi) is 5.45. The number of aromatic nitrogens is 2. The van der Waals surface area contributed by atoms with Crippen LogP contribution in [-0.4, -0.2) is 28.5 Å². The van der Waals surface area contributed by atoms with Crippen LogP contribution in [-0.2, 0) is 0 Å². The van der Waals surface area contributed by atoms with Gasteiger partial charge in [-0.2, -0.15) is 0 Å². The molecular formula is C18H21BrN4O. The number of nitrogens with zero attached hydrogens (tertiary/aromatic N) is 3. The van der Waals surface area contributed by atoms with Gasteiger partial charge in [-0.3, -0.25) is 4.79 Å². The molecule has 1 aliphatic heterocycles. The minimum absolute atomic E-state index is 0.252. The molecule has 1 fully saturated rings. The van der Waals surface area contributed by atoms with Crippen molar-refractivity contribution in [2.75, 3.05) is 16.8 Å². The highest BCUT2D eigenvalue weighted by Crippen LogP contribution is 2.24. The van der Waals surface area contributed by atoms with Gasteiger partial charge in [-0.1, -0.05) is 28.9 Å². The molecule has 3 rings (SSSR count). The van der Waals surface area contributed by atoms with Gasteiger partial charge >= 0.3 is 0 Å². The lowest BCUT2D eigenvalue weighted by molar-refractivity contribution is 0.102. The third-order valence-electron chi connectivity index (χ3n) is 4.35. The molecule has 1 aromatic heterocycles. The van der Waals surface area contributed by atoms with Crippen molar-refractivity contribution in [2.24, 2.45) is 0 Å². The molecule has 0 spiro atoms. The molecule has 6 heteroatoms. The zero-order valence-corrected chi connectivity index (χ0v) is 15.3. The largest absolute Gasteiger partial charge is 0.352 e. The molecule has 24 heavy (non-hydrogen) atoms. The van der Waals surface area contributed by atoms with Crippen LogP contribution in [0.25, 0.3) is 0 Å². The second-order valence-corrected chi connectivity index (χ2v) is 6.89. The molecule has 1 amide bonds. The molecule has 1 aromatic carbocycles. The van der Waals surface area contributed by atoms with E-state index in [0.29, 0.717) is 11.7 Å². The minimum atomic E-state index is -0.252. The van der Waals surface area contributed by atoms with E-state index in [1.54, 1.807) is 12.4 Å². The maximum atomic E-state index is 12.3. The smallest absolute Gasteiger partial charge is 0.275 e. The standard InChI is InChI=1S/C18H21BrN4O/c1-2-15-8-3-4-9-23(15)17-12-20-16(11-21-17)18(24)22-14-7-5-6-13(19)10-14/h5-7,10-12,15H,2-4,8-9H2,1H3,(H,22,24). The van der Waals surface area contributed by atoms with Crippen molar-refractivity contribution in [3.8, 4) is 0 Å². The molecule has 2 heterocycles. The molecule has 0 aliphatic carbocycles. The molecule has 0 saturated carbocycles. The summed E-state index contributed by atoms with van der Waals surface area (Å²) in [5.41, 5.74) is 1.05. The van der Waals surface area contributed by atoms with Crippen molar-refractivity contribution in [2.45, 2.75) is 38.6 Å². The monoisotopic (exact) mass is 388 g/mol. The Bertz CT molecular complexity index is 704. The first-order valence-electron chi connectivity index (χ1n) is 8.33. The van der Waals surface area contributed by atoms with Crippen LogP contribution in [0.4, 0.5) is 11.5 Å². The zero-order chi connectivity index (χ0) is 16.9. The van der Waals surface area contributed by atoms with E-state index >= 15 is 0 Å². The first kappa shape index (κ1) is 16.9. The molecule has 0 radical (unpaired) electrons. The summed E-state index contributed by atoms with van der Waals surface area (Å²) in [4.78, 5) is 23.4. The van der Waals surface area contributed by atoms with E-state index in [1.807, 2.05) is 24.3 Å². The maximum Gasteiger partial charge on any atom is 0.275 e. The number of carbonyl (C=O) groups is 1. The normalized spacial score (nSPS) is 17.6. The number of piperidine rings is 1. The molecule has 1 unspecified atom stereocenters.